The van der Waals surface area contributed by atoms with Crippen LogP contribution in [0.1, 0.15) is 0 Å². The number of rotatable bonds is 0. The third-order valence-corrected chi connectivity index (χ3v) is 1.96. The van der Waals surface area contributed by atoms with Crippen molar-refractivity contribution in [2.45, 2.75) is 3.98 Å². The molecule has 2 rings (SSSR count). The van der Waals surface area contributed by atoms with Crippen LogP contribution in [-0.4, -0.2) is 34.5 Å². The Balaban J connectivity index is 0.000000221. The molecule has 0 aliphatic heterocycles. The zero-order valence-corrected chi connectivity index (χ0v) is 12.5. The summed E-state index contributed by atoms with van der Waals surface area (Å²) in [6.07, 6.45) is 9.17. The molecule has 0 saturated heterocycles. The number of nitrogens with zero attached hydrogens (tertiary/aromatic N) is 4. The Morgan fingerprint density at radius 3 is 1.65 bits per heavy atom. The lowest BCUT2D eigenvalue weighted by Crippen LogP contribution is -2.15. The minimum Gasteiger partial charge on any atom is -0.402 e. The Morgan fingerprint density at radius 2 is 1.45 bits per heavy atom. The highest BCUT2D eigenvalue weighted by Gasteiger charge is 2.23. The van der Waals surface area contributed by atoms with E-state index in [1.54, 1.807) is 24.8 Å². The van der Waals surface area contributed by atoms with E-state index < -0.39 is 9.41 Å². The number of carbonyl (C=O) groups excluding carboxylic acids is 2. The summed E-state index contributed by atoms with van der Waals surface area (Å²) < 4.78 is 4.57. The van der Waals surface area contributed by atoms with Gasteiger partial charge in [-0.15, -0.1) is 0 Å². The monoisotopic (exact) mass is 358 g/mol. The molecule has 0 aromatic carbocycles. The van der Waals surface area contributed by atoms with Crippen molar-refractivity contribution in [1.29, 1.82) is 0 Å². The predicted molar refractivity (Wildman–Crippen MR) is 73.3 cm³/mol. The van der Waals surface area contributed by atoms with Gasteiger partial charge in [-0.1, -0.05) is 0 Å². The quantitative estimate of drug-likeness (QED) is 0.532. The lowest BCUT2D eigenvalue weighted by Gasteiger charge is -2.06. The Kier molecular flexibility index (Phi) is 6.28. The zero-order chi connectivity index (χ0) is 15.2. The van der Waals surface area contributed by atoms with Crippen molar-refractivity contribution in [1.82, 2.24) is 19.1 Å². The molecule has 7 nitrogen and oxygen atoms in total. The van der Waals surface area contributed by atoms with E-state index in [-0.39, 0.29) is 6.03 Å². The van der Waals surface area contributed by atoms with Crippen LogP contribution in [0, 0.1) is 0 Å². The molecule has 0 N–H and O–H groups in total. The molecule has 2 heterocycles. The van der Waals surface area contributed by atoms with Gasteiger partial charge >= 0.3 is 15.4 Å². The van der Waals surface area contributed by atoms with Crippen molar-refractivity contribution in [3.05, 3.63) is 37.4 Å². The van der Waals surface area contributed by atoms with Crippen LogP contribution in [0.15, 0.2) is 37.4 Å². The average Bonchev–Trinajstić information content (AvgIpc) is 3.00. The number of halogens is 4. The Labute approximate surface area is 133 Å². The van der Waals surface area contributed by atoms with Gasteiger partial charge in [0.15, 0.2) is 0 Å². The SMILES string of the molecule is O=C(Cl)OC(Cl)(Cl)Cl.O=C(n1ccnc1)n1ccnc1. The van der Waals surface area contributed by atoms with Crippen molar-refractivity contribution >= 4 is 57.9 Å². The summed E-state index contributed by atoms with van der Waals surface area (Å²) in [5, 5.41) is 0. The van der Waals surface area contributed by atoms with Gasteiger partial charge in [0.2, 0.25) is 0 Å². The standard InChI is InChI=1S/C7H6N4O.C2Cl4O2/c12-7(10-3-1-8-5-10)11-4-2-9-6-11;3-1(7)8-2(4,5)6/h1-6H;. The average molecular weight is 360 g/mol. The van der Waals surface area contributed by atoms with Crippen LogP contribution in [0.5, 0.6) is 0 Å². The van der Waals surface area contributed by atoms with E-state index in [1.165, 1.54) is 21.8 Å². The number of hydrogen-bond donors (Lipinski definition) is 0. The molecule has 0 saturated carbocycles. The second kappa shape index (κ2) is 7.49. The van der Waals surface area contributed by atoms with E-state index in [4.69, 9.17) is 34.8 Å². The summed E-state index contributed by atoms with van der Waals surface area (Å²) in [5.74, 6) is 0. The highest BCUT2D eigenvalue weighted by Crippen LogP contribution is 2.27. The topological polar surface area (TPSA) is 79.0 Å². The van der Waals surface area contributed by atoms with Crippen molar-refractivity contribution in [3.63, 3.8) is 0 Å². The molecule has 0 amide bonds. The van der Waals surface area contributed by atoms with Crippen LogP contribution in [0.3, 0.4) is 0 Å². The van der Waals surface area contributed by atoms with Crippen LogP contribution in [0.25, 0.3) is 0 Å². The van der Waals surface area contributed by atoms with Gasteiger partial charge in [0.05, 0.1) is 0 Å². The second-order valence-electron chi connectivity index (χ2n) is 3.01. The molecule has 0 atom stereocenters. The van der Waals surface area contributed by atoms with Gasteiger partial charge in [0.25, 0.3) is 0 Å². The van der Waals surface area contributed by atoms with Gasteiger partial charge in [-0.3, -0.25) is 9.13 Å². The molecular weight excluding hydrogens is 354 g/mol. The van der Waals surface area contributed by atoms with E-state index in [1.807, 2.05) is 0 Å². The van der Waals surface area contributed by atoms with Crippen LogP contribution < -0.4 is 0 Å². The summed E-state index contributed by atoms with van der Waals surface area (Å²) in [4.78, 5) is 28.7. The van der Waals surface area contributed by atoms with Crippen LogP contribution in [0.4, 0.5) is 9.59 Å². The molecule has 0 aliphatic rings. The smallest absolute Gasteiger partial charge is 0.402 e. The summed E-state index contributed by atoms with van der Waals surface area (Å²) in [6, 6.07) is -0.190. The Hall–Kier alpha value is -1.28. The molecule has 11 heteroatoms. The first-order valence-corrected chi connectivity index (χ1v) is 6.26. The summed E-state index contributed by atoms with van der Waals surface area (Å²) in [7, 11) is 0. The summed E-state index contributed by atoms with van der Waals surface area (Å²) in [6.45, 7) is 0. The molecule has 20 heavy (non-hydrogen) atoms. The Morgan fingerprint density at radius 1 is 1.00 bits per heavy atom. The molecule has 0 fully saturated rings. The highest BCUT2D eigenvalue weighted by molar-refractivity contribution is 6.69. The molecule has 2 aromatic heterocycles. The molecule has 0 unspecified atom stereocenters. The first-order valence-electron chi connectivity index (χ1n) is 4.75. The number of alkyl halides is 3. The number of ether oxygens (including phenoxy) is 1. The largest absolute Gasteiger partial charge is 0.407 e. The normalized spacial score (nSPS) is 10.4. The van der Waals surface area contributed by atoms with Gasteiger partial charge in [-0.05, 0) is 34.8 Å². The van der Waals surface area contributed by atoms with Crippen molar-refractivity contribution < 1.29 is 14.3 Å². The lowest BCUT2D eigenvalue weighted by atomic mass is 10.8. The molecule has 0 bridgehead atoms. The van der Waals surface area contributed by atoms with Crippen LogP contribution in [0.2, 0.25) is 0 Å². The molecule has 0 aliphatic carbocycles. The first-order chi connectivity index (χ1) is 9.29. The van der Waals surface area contributed by atoms with E-state index in [9.17, 15) is 9.59 Å². The minimum absolute atomic E-state index is 0.190. The molecule has 0 spiro atoms. The number of aromatic nitrogens is 4. The summed E-state index contributed by atoms with van der Waals surface area (Å²) in [5.41, 5.74) is -1.15. The van der Waals surface area contributed by atoms with Gasteiger partial charge in [0, 0.05) is 36.4 Å². The van der Waals surface area contributed by atoms with E-state index >= 15 is 0 Å². The number of hydrogen-bond acceptors (Lipinski definition) is 5. The predicted octanol–water partition coefficient (Wildman–Crippen LogP) is 3.29. The Bertz CT molecular complexity index is 514. The lowest BCUT2D eigenvalue weighted by molar-refractivity contribution is 0.172. The number of imidazole rings is 2. The van der Waals surface area contributed by atoms with Crippen molar-refractivity contribution in [3.8, 4) is 0 Å². The molecule has 2 aromatic rings. The van der Waals surface area contributed by atoms with E-state index in [0.29, 0.717) is 0 Å². The maximum Gasteiger partial charge on any atom is 0.407 e. The van der Waals surface area contributed by atoms with Crippen LogP contribution in [-0.2, 0) is 4.74 Å². The second-order valence-corrected chi connectivity index (χ2v) is 5.49. The van der Waals surface area contributed by atoms with Crippen molar-refractivity contribution in [2.75, 3.05) is 0 Å². The fourth-order valence-corrected chi connectivity index (χ4v) is 1.41. The van der Waals surface area contributed by atoms with Gasteiger partial charge in [-0.25, -0.2) is 19.6 Å². The maximum absolute atomic E-state index is 11.4. The fraction of sp³-hybridized carbons (Fsp3) is 0.111. The summed E-state index contributed by atoms with van der Waals surface area (Å²) >= 11 is 19.4. The molecular formula is C9H6Cl4N4O3. The zero-order valence-electron chi connectivity index (χ0n) is 9.49. The highest BCUT2D eigenvalue weighted by atomic mass is 35.6. The maximum atomic E-state index is 11.4. The first kappa shape index (κ1) is 16.8. The van der Waals surface area contributed by atoms with E-state index in [2.05, 4.69) is 26.3 Å². The van der Waals surface area contributed by atoms with Crippen LogP contribution >= 0.6 is 46.4 Å². The van der Waals surface area contributed by atoms with Gasteiger partial charge in [0.1, 0.15) is 12.7 Å². The van der Waals surface area contributed by atoms with E-state index in [0.717, 1.165) is 0 Å². The third kappa shape index (κ3) is 6.25. The molecule has 0 radical (unpaired) electrons. The fourth-order valence-electron chi connectivity index (χ4n) is 0.969. The number of carbonyl (C=O) groups is 2. The van der Waals surface area contributed by atoms with Gasteiger partial charge < -0.3 is 4.74 Å². The van der Waals surface area contributed by atoms with Crippen molar-refractivity contribution in [2.24, 2.45) is 0 Å². The minimum atomic E-state index is -2.04. The molecule has 108 valence electrons. The van der Waals surface area contributed by atoms with Gasteiger partial charge in [-0.2, -0.15) is 0 Å². The third-order valence-electron chi connectivity index (χ3n) is 1.65.